The smallest absolute Gasteiger partial charge is 0.465 e. The highest BCUT2D eigenvalue weighted by Gasteiger charge is 2.39. The number of carbonyl (C=O) groups is 1. The maximum atomic E-state index is 11.3. The largest absolute Gasteiger partial charge is 0.500 e. The van der Waals surface area contributed by atoms with Crippen LogP contribution in [0.2, 0.25) is 6.04 Å². The topological polar surface area (TPSA) is 54.0 Å². The summed E-state index contributed by atoms with van der Waals surface area (Å²) in [6, 6.07) is 0.820. The molecule has 0 spiro atoms. The second-order valence-electron chi connectivity index (χ2n) is 5.11. The van der Waals surface area contributed by atoms with Crippen molar-refractivity contribution < 1.29 is 22.8 Å². The molecule has 0 aromatic carbocycles. The van der Waals surface area contributed by atoms with Gasteiger partial charge in [0, 0.05) is 25.9 Å². The van der Waals surface area contributed by atoms with E-state index >= 15 is 0 Å². The Hall–Kier alpha value is -0.433. The summed E-state index contributed by atoms with van der Waals surface area (Å²) in [5.41, 5.74) is 0. The molecule has 0 rings (SSSR count). The zero-order valence-electron chi connectivity index (χ0n) is 14.3. The molecule has 6 heteroatoms. The number of esters is 1. The van der Waals surface area contributed by atoms with Crippen LogP contribution in [0.15, 0.2) is 0 Å². The molecular formula is C15H32O5Si. The van der Waals surface area contributed by atoms with Gasteiger partial charge in [-0.15, -0.1) is 0 Å². The Balaban J connectivity index is 3.99. The van der Waals surface area contributed by atoms with Gasteiger partial charge in [-0.05, 0) is 33.6 Å². The van der Waals surface area contributed by atoms with Gasteiger partial charge < -0.3 is 18.0 Å². The highest BCUT2D eigenvalue weighted by atomic mass is 28.4. The van der Waals surface area contributed by atoms with Crippen molar-refractivity contribution in [2.24, 2.45) is 5.92 Å². The van der Waals surface area contributed by atoms with Crippen LogP contribution in [-0.4, -0.2) is 41.2 Å². The summed E-state index contributed by atoms with van der Waals surface area (Å²) >= 11 is 0. The molecule has 0 heterocycles. The molecule has 5 nitrogen and oxygen atoms in total. The molecule has 126 valence electrons. The van der Waals surface area contributed by atoms with Crippen molar-refractivity contribution in [3.05, 3.63) is 0 Å². The predicted octanol–water partition coefficient (Wildman–Crippen LogP) is 3.40. The first-order chi connectivity index (χ1) is 10.0. The third kappa shape index (κ3) is 9.24. The summed E-state index contributed by atoms with van der Waals surface area (Å²) < 4.78 is 22.5. The number of unbranched alkanes of at least 4 members (excludes halogenated alkanes) is 2. The molecule has 21 heavy (non-hydrogen) atoms. The van der Waals surface area contributed by atoms with Crippen LogP contribution in [0, 0.1) is 5.92 Å². The highest BCUT2D eigenvalue weighted by molar-refractivity contribution is 6.60. The molecule has 0 saturated carbocycles. The van der Waals surface area contributed by atoms with Crippen molar-refractivity contribution in [1.29, 1.82) is 0 Å². The molecule has 0 aliphatic rings. The SMILES string of the molecule is CCO[Si](CCCCCOC(=O)C(C)C)(OCC)OCC. The van der Waals surface area contributed by atoms with E-state index in [2.05, 4.69) is 0 Å². The average molecular weight is 321 g/mol. The first-order valence-corrected chi connectivity index (χ1v) is 10.0. The van der Waals surface area contributed by atoms with Crippen molar-refractivity contribution in [3.8, 4) is 0 Å². The number of ether oxygens (including phenoxy) is 1. The van der Waals surface area contributed by atoms with E-state index in [-0.39, 0.29) is 11.9 Å². The van der Waals surface area contributed by atoms with Crippen LogP contribution >= 0.6 is 0 Å². The summed E-state index contributed by atoms with van der Waals surface area (Å²) in [6.07, 6.45) is 2.81. The van der Waals surface area contributed by atoms with Gasteiger partial charge in [0.05, 0.1) is 12.5 Å². The van der Waals surface area contributed by atoms with Gasteiger partial charge in [0.25, 0.3) is 0 Å². The third-order valence-corrected chi connectivity index (χ3v) is 6.09. The first kappa shape index (κ1) is 20.6. The van der Waals surface area contributed by atoms with Crippen LogP contribution in [0.25, 0.3) is 0 Å². The van der Waals surface area contributed by atoms with E-state index in [0.717, 1.165) is 25.3 Å². The summed E-state index contributed by atoms with van der Waals surface area (Å²) in [4.78, 5) is 11.3. The van der Waals surface area contributed by atoms with Gasteiger partial charge in [-0.3, -0.25) is 4.79 Å². The second kappa shape index (κ2) is 12.1. The molecule has 0 radical (unpaired) electrons. The van der Waals surface area contributed by atoms with E-state index in [1.165, 1.54) is 0 Å². The van der Waals surface area contributed by atoms with Gasteiger partial charge in [-0.25, -0.2) is 0 Å². The number of hydrogen-bond donors (Lipinski definition) is 0. The van der Waals surface area contributed by atoms with E-state index < -0.39 is 8.80 Å². The Morgan fingerprint density at radius 1 is 0.905 bits per heavy atom. The van der Waals surface area contributed by atoms with Crippen molar-refractivity contribution in [2.75, 3.05) is 26.4 Å². The van der Waals surface area contributed by atoms with E-state index in [9.17, 15) is 4.79 Å². The molecule has 0 atom stereocenters. The molecule has 0 aromatic heterocycles. The van der Waals surface area contributed by atoms with Gasteiger partial charge in [-0.1, -0.05) is 20.3 Å². The Bertz CT molecular complexity index is 254. The Morgan fingerprint density at radius 2 is 1.43 bits per heavy atom. The summed E-state index contributed by atoms with van der Waals surface area (Å²) in [5, 5.41) is 0. The van der Waals surface area contributed by atoms with E-state index in [0.29, 0.717) is 26.4 Å². The van der Waals surface area contributed by atoms with Crippen LogP contribution in [0.3, 0.4) is 0 Å². The third-order valence-electron chi connectivity index (χ3n) is 2.94. The maximum Gasteiger partial charge on any atom is 0.500 e. The maximum absolute atomic E-state index is 11.3. The van der Waals surface area contributed by atoms with Crippen molar-refractivity contribution in [3.63, 3.8) is 0 Å². The zero-order valence-corrected chi connectivity index (χ0v) is 15.3. The number of carbonyl (C=O) groups excluding carboxylic acids is 1. The minimum absolute atomic E-state index is 0.0566. The molecule has 0 N–H and O–H groups in total. The van der Waals surface area contributed by atoms with Crippen LogP contribution in [0.5, 0.6) is 0 Å². The minimum Gasteiger partial charge on any atom is -0.465 e. The lowest BCUT2D eigenvalue weighted by Gasteiger charge is -2.28. The molecule has 0 fully saturated rings. The summed E-state index contributed by atoms with van der Waals surface area (Å²) in [6.45, 7) is 11.9. The lowest BCUT2D eigenvalue weighted by atomic mass is 10.2. The molecular weight excluding hydrogens is 288 g/mol. The summed E-state index contributed by atoms with van der Waals surface area (Å²) in [7, 11) is -2.50. The second-order valence-corrected chi connectivity index (χ2v) is 7.85. The molecule has 0 saturated heterocycles. The predicted molar refractivity (Wildman–Crippen MR) is 85.1 cm³/mol. The van der Waals surface area contributed by atoms with Crippen LogP contribution in [0.4, 0.5) is 0 Å². The highest BCUT2D eigenvalue weighted by Crippen LogP contribution is 2.20. The fraction of sp³-hybridized carbons (Fsp3) is 0.933. The zero-order chi connectivity index (χ0) is 16.1. The number of rotatable bonds is 13. The quantitative estimate of drug-likeness (QED) is 0.296. The monoisotopic (exact) mass is 320 g/mol. The van der Waals surface area contributed by atoms with E-state index in [1.54, 1.807) is 0 Å². The molecule has 0 aliphatic carbocycles. The Labute approximate surface area is 130 Å². The Morgan fingerprint density at radius 3 is 1.86 bits per heavy atom. The van der Waals surface area contributed by atoms with E-state index in [1.807, 2.05) is 34.6 Å². The van der Waals surface area contributed by atoms with Crippen molar-refractivity contribution in [1.82, 2.24) is 0 Å². The summed E-state index contributed by atoms with van der Waals surface area (Å²) in [5.74, 6) is -0.185. The standard InChI is InChI=1S/C15H32O5Si/c1-6-18-21(19-7-2,20-8-3)13-11-9-10-12-17-15(16)14(4)5/h14H,6-13H2,1-5H3. The normalized spacial score (nSPS) is 11.9. The lowest BCUT2D eigenvalue weighted by Crippen LogP contribution is -2.45. The minimum atomic E-state index is -2.50. The van der Waals surface area contributed by atoms with Gasteiger partial charge in [0.1, 0.15) is 0 Å². The van der Waals surface area contributed by atoms with Gasteiger partial charge in [0.2, 0.25) is 0 Å². The fourth-order valence-corrected chi connectivity index (χ4v) is 4.65. The Kier molecular flexibility index (Phi) is 11.9. The van der Waals surface area contributed by atoms with Crippen molar-refractivity contribution in [2.45, 2.75) is 59.9 Å². The molecule has 0 unspecified atom stereocenters. The molecule has 0 bridgehead atoms. The average Bonchev–Trinajstić information content (AvgIpc) is 2.43. The van der Waals surface area contributed by atoms with Crippen LogP contribution in [0.1, 0.15) is 53.9 Å². The van der Waals surface area contributed by atoms with Gasteiger partial charge >= 0.3 is 14.8 Å². The van der Waals surface area contributed by atoms with Crippen LogP contribution in [-0.2, 0) is 22.8 Å². The van der Waals surface area contributed by atoms with Gasteiger partial charge in [0.15, 0.2) is 0 Å². The van der Waals surface area contributed by atoms with Gasteiger partial charge in [-0.2, -0.15) is 0 Å². The van der Waals surface area contributed by atoms with E-state index in [4.69, 9.17) is 18.0 Å². The molecule has 0 amide bonds. The fourth-order valence-electron chi connectivity index (χ4n) is 1.96. The number of hydrogen-bond acceptors (Lipinski definition) is 5. The van der Waals surface area contributed by atoms with Crippen molar-refractivity contribution >= 4 is 14.8 Å². The first-order valence-electron chi connectivity index (χ1n) is 8.09. The molecule has 0 aromatic rings. The lowest BCUT2D eigenvalue weighted by molar-refractivity contribution is -0.147. The van der Waals surface area contributed by atoms with Crippen LogP contribution < -0.4 is 0 Å². The molecule has 0 aliphatic heterocycles.